The normalized spacial score (nSPS) is 19.3. The van der Waals surface area contributed by atoms with Crippen molar-refractivity contribution in [2.24, 2.45) is 5.92 Å². The first-order chi connectivity index (χ1) is 21.5. The second-order valence-corrected chi connectivity index (χ2v) is 13.6. The fraction of sp³-hybridized carbons (Fsp3) is 0.919. The quantitative estimate of drug-likeness (QED) is 0.0650. The van der Waals surface area contributed by atoms with E-state index in [2.05, 4.69) is 11.8 Å². The van der Waals surface area contributed by atoms with Gasteiger partial charge in [0.2, 0.25) is 0 Å². The number of ether oxygens (including phenoxy) is 3. The molecule has 0 radical (unpaired) electrons. The lowest BCUT2D eigenvalue weighted by molar-refractivity contribution is -0.139. The summed E-state index contributed by atoms with van der Waals surface area (Å²) < 4.78 is 16.4. The van der Waals surface area contributed by atoms with Crippen molar-refractivity contribution in [1.29, 1.82) is 0 Å². The Labute approximate surface area is 270 Å². The largest absolute Gasteiger partial charge is 0.455 e. The molecule has 44 heavy (non-hydrogen) atoms. The lowest BCUT2D eigenvalue weighted by Gasteiger charge is -2.32. The molecule has 1 saturated heterocycles. The topological polar surface area (TPSA) is 88.5 Å². The number of piperidine rings is 1. The van der Waals surface area contributed by atoms with Gasteiger partial charge < -0.3 is 29.3 Å². The Bertz CT molecular complexity index is 723. The Morgan fingerprint density at radius 3 is 1.93 bits per heavy atom. The zero-order valence-corrected chi connectivity index (χ0v) is 28.7. The van der Waals surface area contributed by atoms with Crippen LogP contribution in [0.25, 0.3) is 0 Å². The minimum absolute atomic E-state index is 0.0423. The second kappa shape index (κ2) is 26.1. The molecule has 2 N–H and O–H groups in total. The molecule has 3 atom stereocenters. The van der Waals surface area contributed by atoms with Crippen LogP contribution in [0.4, 0.5) is 0 Å². The summed E-state index contributed by atoms with van der Waals surface area (Å²) in [6.07, 6.45) is 26.2. The molecule has 0 aromatic carbocycles. The SMILES string of the molecule is CCCCCCCCCC[C@H](O)COCCOC[C@@H](O)CCC1CCN(CCCCCCCCCC2=C[C@H](C)OC2=O)CC1. The molecule has 0 aromatic heterocycles. The van der Waals surface area contributed by atoms with E-state index >= 15 is 0 Å². The van der Waals surface area contributed by atoms with E-state index in [9.17, 15) is 15.0 Å². The van der Waals surface area contributed by atoms with Gasteiger partial charge in [0.25, 0.3) is 0 Å². The maximum Gasteiger partial charge on any atom is 0.334 e. The van der Waals surface area contributed by atoms with E-state index in [1.165, 1.54) is 116 Å². The number of hydrogen-bond donors (Lipinski definition) is 2. The molecule has 1 fully saturated rings. The molecule has 0 aromatic rings. The molecule has 0 bridgehead atoms. The summed E-state index contributed by atoms with van der Waals surface area (Å²) in [5.74, 6) is 0.607. The summed E-state index contributed by atoms with van der Waals surface area (Å²) in [5, 5.41) is 20.4. The first-order valence-corrected chi connectivity index (χ1v) is 18.6. The number of esters is 1. The number of nitrogens with zero attached hydrogens (tertiary/aromatic N) is 1. The minimum Gasteiger partial charge on any atom is -0.455 e. The lowest BCUT2D eigenvalue weighted by atomic mass is 9.91. The Kier molecular flexibility index (Phi) is 23.3. The van der Waals surface area contributed by atoms with Crippen LogP contribution in [0.15, 0.2) is 11.6 Å². The number of unbranched alkanes of at least 4 members (excludes halogenated alkanes) is 13. The third kappa shape index (κ3) is 20.2. The van der Waals surface area contributed by atoms with Crippen molar-refractivity contribution in [3.63, 3.8) is 0 Å². The fourth-order valence-electron chi connectivity index (χ4n) is 6.51. The van der Waals surface area contributed by atoms with Crippen LogP contribution in [-0.2, 0) is 19.0 Å². The summed E-state index contributed by atoms with van der Waals surface area (Å²) in [5.41, 5.74) is 0.875. The smallest absolute Gasteiger partial charge is 0.334 e. The lowest BCUT2D eigenvalue weighted by Crippen LogP contribution is -2.34. The van der Waals surface area contributed by atoms with E-state index in [-0.39, 0.29) is 18.2 Å². The van der Waals surface area contributed by atoms with Crippen LogP contribution < -0.4 is 0 Å². The maximum absolute atomic E-state index is 11.6. The Morgan fingerprint density at radius 1 is 0.795 bits per heavy atom. The number of carbonyl (C=O) groups excluding carboxylic acids is 1. The van der Waals surface area contributed by atoms with Gasteiger partial charge in [0.15, 0.2) is 0 Å². The molecule has 2 heterocycles. The van der Waals surface area contributed by atoms with Gasteiger partial charge >= 0.3 is 5.97 Å². The zero-order valence-electron chi connectivity index (χ0n) is 28.7. The van der Waals surface area contributed by atoms with Crippen LogP contribution >= 0.6 is 0 Å². The molecular weight excluding hydrogens is 554 g/mol. The number of aliphatic hydroxyl groups excluding tert-OH is 2. The average Bonchev–Trinajstić information content (AvgIpc) is 3.34. The van der Waals surface area contributed by atoms with Crippen molar-refractivity contribution in [1.82, 2.24) is 4.90 Å². The van der Waals surface area contributed by atoms with E-state index in [1.807, 2.05) is 13.0 Å². The van der Waals surface area contributed by atoms with E-state index in [0.29, 0.717) is 26.4 Å². The predicted octanol–water partition coefficient (Wildman–Crippen LogP) is 7.76. The fourth-order valence-corrected chi connectivity index (χ4v) is 6.51. The van der Waals surface area contributed by atoms with Gasteiger partial charge in [-0.2, -0.15) is 0 Å². The maximum atomic E-state index is 11.6. The van der Waals surface area contributed by atoms with Crippen LogP contribution in [0.3, 0.4) is 0 Å². The highest BCUT2D eigenvalue weighted by molar-refractivity contribution is 5.90. The van der Waals surface area contributed by atoms with Gasteiger partial charge in [-0.3, -0.25) is 0 Å². The molecule has 0 spiro atoms. The van der Waals surface area contributed by atoms with Gasteiger partial charge in [-0.05, 0) is 89.9 Å². The molecule has 0 amide bonds. The molecule has 2 rings (SSSR count). The summed E-state index contributed by atoms with van der Waals surface area (Å²) in [7, 11) is 0. The van der Waals surface area contributed by atoms with Crippen LogP contribution in [0.5, 0.6) is 0 Å². The van der Waals surface area contributed by atoms with Crippen molar-refractivity contribution in [3.05, 3.63) is 11.6 Å². The number of hydrogen-bond acceptors (Lipinski definition) is 7. The molecule has 2 aliphatic heterocycles. The molecule has 2 aliphatic rings. The summed E-state index contributed by atoms with van der Waals surface area (Å²) in [6.45, 7) is 9.45. The van der Waals surface area contributed by atoms with Crippen molar-refractivity contribution >= 4 is 5.97 Å². The summed E-state index contributed by atoms with van der Waals surface area (Å²) in [4.78, 5) is 14.3. The van der Waals surface area contributed by atoms with E-state index < -0.39 is 6.10 Å². The second-order valence-electron chi connectivity index (χ2n) is 13.6. The number of aliphatic hydroxyl groups is 2. The number of carbonyl (C=O) groups is 1. The van der Waals surface area contributed by atoms with E-state index in [1.54, 1.807) is 0 Å². The molecular formula is C37H69NO6. The van der Waals surface area contributed by atoms with Crippen molar-refractivity contribution in [2.45, 2.75) is 167 Å². The third-order valence-electron chi connectivity index (χ3n) is 9.41. The monoisotopic (exact) mass is 624 g/mol. The van der Waals surface area contributed by atoms with Crippen LogP contribution in [0, 0.1) is 5.92 Å². The summed E-state index contributed by atoms with van der Waals surface area (Å²) >= 11 is 0. The van der Waals surface area contributed by atoms with Crippen LogP contribution in [0.2, 0.25) is 0 Å². The zero-order chi connectivity index (χ0) is 31.7. The van der Waals surface area contributed by atoms with Gasteiger partial charge in [0, 0.05) is 5.57 Å². The minimum atomic E-state index is -0.402. The number of rotatable bonds is 29. The molecule has 0 saturated carbocycles. The predicted molar refractivity (Wildman–Crippen MR) is 180 cm³/mol. The molecule has 258 valence electrons. The van der Waals surface area contributed by atoms with Crippen molar-refractivity contribution in [3.8, 4) is 0 Å². The van der Waals surface area contributed by atoms with Crippen LogP contribution in [0.1, 0.15) is 149 Å². The molecule has 7 heteroatoms. The first kappa shape index (κ1) is 39.2. The van der Waals surface area contributed by atoms with Gasteiger partial charge in [0.05, 0.1) is 38.6 Å². The van der Waals surface area contributed by atoms with Gasteiger partial charge in [0.1, 0.15) is 6.10 Å². The van der Waals surface area contributed by atoms with E-state index in [4.69, 9.17) is 14.2 Å². The highest BCUT2D eigenvalue weighted by atomic mass is 16.5. The van der Waals surface area contributed by atoms with Gasteiger partial charge in [-0.15, -0.1) is 0 Å². The standard InChI is InChI=1S/C37H69NO6/c1-3-4-5-6-7-10-13-16-19-35(39)30-42-27-28-43-31-36(40)21-20-33-22-25-38(26-23-33)24-17-14-11-8-9-12-15-18-34-29-32(2)44-37(34)41/h29,32-33,35-36,39-40H,3-28,30-31H2,1-2H3/t32-,35-,36-/m0/s1. The average molecular weight is 624 g/mol. The highest BCUT2D eigenvalue weighted by Gasteiger charge is 2.21. The van der Waals surface area contributed by atoms with Crippen molar-refractivity contribution < 1.29 is 29.2 Å². The Hall–Kier alpha value is -0.990. The molecule has 0 unspecified atom stereocenters. The molecule has 7 nitrogen and oxygen atoms in total. The third-order valence-corrected chi connectivity index (χ3v) is 9.41. The number of likely N-dealkylation sites (tertiary alicyclic amines) is 1. The summed E-state index contributed by atoms with van der Waals surface area (Å²) in [6, 6.07) is 0. The van der Waals surface area contributed by atoms with Gasteiger partial charge in [-0.25, -0.2) is 4.79 Å². The van der Waals surface area contributed by atoms with Crippen LogP contribution in [-0.4, -0.2) is 85.5 Å². The van der Waals surface area contributed by atoms with Gasteiger partial charge in [-0.1, -0.05) is 90.4 Å². The highest BCUT2D eigenvalue weighted by Crippen LogP contribution is 2.24. The first-order valence-electron chi connectivity index (χ1n) is 18.6. The Balaban J connectivity index is 1.31. The van der Waals surface area contributed by atoms with Crippen molar-refractivity contribution in [2.75, 3.05) is 46.1 Å². The van der Waals surface area contributed by atoms with E-state index in [0.717, 1.165) is 50.0 Å². The Morgan fingerprint density at radius 2 is 1.34 bits per heavy atom. The number of cyclic esters (lactones) is 1. The molecule has 0 aliphatic carbocycles.